The lowest BCUT2D eigenvalue weighted by Gasteiger charge is -2.15. The standard InChI is InChI=1S/C15H18N2OS/c1-10-7-8-19-15(10)11(2)16-13-5-4-6-14(9-13)17-12(3)18/h4-9,11,16H,1-3H3,(H,17,18). The van der Waals surface area contributed by atoms with E-state index in [4.69, 9.17) is 0 Å². The Morgan fingerprint density at radius 2 is 2.00 bits per heavy atom. The van der Waals surface area contributed by atoms with Gasteiger partial charge in [0.1, 0.15) is 0 Å². The number of aryl methyl sites for hydroxylation is 1. The molecule has 1 heterocycles. The molecular formula is C15H18N2OS. The first kappa shape index (κ1) is 13.6. The molecule has 0 aliphatic rings. The van der Waals surface area contributed by atoms with Crippen molar-refractivity contribution >= 4 is 28.6 Å². The second kappa shape index (κ2) is 5.89. The molecule has 4 heteroatoms. The molecule has 1 aromatic heterocycles. The predicted molar refractivity (Wildman–Crippen MR) is 81.8 cm³/mol. The first-order valence-corrected chi connectivity index (χ1v) is 7.12. The van der Waals surface area contributed by atoms with Crippen LogP contribution in [0.15, 0.2) is 35.7 Å². The third kappa shape index (κ3) is 3.58. The Morgan fingerprint density at radius 3 is 2.63 bits per heavy atom. The van der Waals surface area contributed by atoms with Crippen LogP contribution in [0, 0.1) is 6.92 Å². The van der Waals surface area contributed by atoms with E-state index in [9.17, 15) is 4.79 Å². The SMILES string of the molecule is CC(=O)Nc1cccc(NC(C)c2sccc2C)c1. The van der Waals surface area contributed by atoms with Crippen LogP contribution in [-0.2, 0) is 4.79 Å². The zero-order chi connectivity index (χ0) is 13.8. The van der Waals surface area contributed by atoms with E-state index in [1.807, 2.05) is 24.3 Å². The molecule has 0 saturated heterocycles. The summed E-state index contributed by atoms with van der Waals surface area (Å²) in [6, 6.07) is 10.2. The highest BCUT2D eigenvalue weighted by molar-refractivity contribution is 7.10. The molecule has 2 rings (SSSR count). The minimum Gasteiger partial charge on any atom is -0.378 e. The number of anilines is 2. The van der Waals surface area contributed by atoms with Gasteiger partial charge in [0.2, 0.25) is 5.91 Å². The average Bonchev–Trinajstić information content (AvgIpc) is 2.75. The van der Waals surface area contributed by atoms with Gasteiger partial charge in [-0.3, -0.25) is 4.79 Å². The lowest BCUT2D eigenvalue weighted by atomic mass is 10.2. The Kier molecular flexibility index (Phi) is 4.22. The van der Waals surface area contributed by atoms with Gasteiger partial charge in [-0.15, -0.1) is 11.3 Å². The number of amides is 1. The van der Waals surface area contributed by atoms with Crippen LogP contribution in [0.25, 0.3) is 0 Å². The minimum atomic E-state index is -0.0562. The highest BCUT2D eigenvalue weighted by Crippen LogP contribution is 2.27. The summed E-state index contributed by atoms with van der Waals surface area (Å²) in [5.74, 6) is -0.0562. The summed E-state index contributed by atoms with van der Waals surface area (Å²) >= 11 is 1.76. The fraction of sp³-hybridized carbons (Fsp3) is 0.267. The normalized spacial score (nSPS) is 11.9. The number of rotatable bonds is 4. The van der Waals surface area contributed by atoms with Crippen molar-refractivity contribution in [2.45, 2.75) is 26.8 Å². The number of carbonyl (C=O) groups excluding carboxylic acids is 1. The minimum absolute atomic E-state index is 0.0562. The van der Waals surface area contributed by atoms with Crippen LogP contribution in [0.1, 0.15) is 30.3 Å². The Bertz CT molecular complexity index is 577. The summed E-state index contributed by atoms with van der Waals surface area (Å²) in [5, 5.41) is 8.35. The number of hydrogen-bond acceptors (Lipinski definition) is 3. The number of nitrogens with one attached hydrogen (secondary N) is 2. The van der Waals surface area contributed by atoms with E-state index in [2.05, 4.69) is 35.9 Å². The number of carbonyl (C=O) groups is 1. The van der Waals surface area contributed by atoms with Gasteiger partial charge in [-0.1, -0.05) is 6.07 Å². The van der Waals surface area contributed by atoms with E-state index < -0.39 is 0 Å². The predicted octanol–water partition coefficient (Wildman–Crippen LogP) is 4.19. The quantitative estimate of drug-likeness (QED) is 0.877. The molecule has 2 N–H and O–H groups in total. The van der Waals surface area contributed by atoms with E-state index in [1.165, 1.54) is 17.4 Å². The molecule has 3 nitrogen and oxygen atoms in total. The van der Waals surface area contributed by atoms with Crippen LogP contribution < -0.4 is 10.6 Å². The summed E-state index contributed by atoms with van der Waals surface area (Å²) in [6.07, 6.45) is 0. The van der Waals surface area contributed by atoms with E-state index in [0.717, 1.165) is 11.4 Å². The summed E-state index contributed by atoms with van der Waals surface area (Å²) in [6.45, 7) is 5.78. The van der Waals surface area contributed by atoms with Crippen molar-refractivity contribution in [3.05, 3.63) is 46.2 Å². The third-order valence-electron chi connectivity index (χ3n) is 2.86. The molecule has 1 unspecified atom stereocenters. The van der Waals surface area contributed by atoms with Gasteiger partial charge in [-0.05, 0) is 49.1 Å². The molecule has 0 spiro atoms. The number of thiophene rings is 1. The molecule has 19 heavy (non-hydrogen) atoms. The molecule has 1 aromatic carbocycles. The molecule has 0 aliphatic carbocycles. The van der Waals surface area contributed by atoms with Crippen molar-refractivity contribution < 1.29 is 4.79 Å². The summed E-state index contributed by atoms with van der Waals surface area (Å²) in [7, 11) is 0. The fourth-order valence-corrected chi connectivity index (χ4v) is 2.97. The van der Waals surface area contributed by atoms with Gasteiger partial charge in [0, 0.05) is 23.2 Å². The van der Waals surface area contributed by atoms with Crippen LogP contribution >= 0.6 is 11.3 Å². The Labute approximate surface area is 117 Å². The molecule has 0 fully saturated rings. The van der Waals surface area contributed by atoms with Gasteiger partial charge >= 0.3 is 0 Å². The molecular weight excluding hydrogens is 256 g/mol. The number of hydrogen-bond donors (Lipinski definition) is 2. The Hall–Kier alpha value is -1.81. The molecule has 0 aliphatic heterocycles. The maximum atomic E-state index is 11.0. The smallest absolute Gasteiger partial charge is 0.221 e. The molecule has 0 saturated carbocycles. The van der Waals surface area contributed by atoms with Gasteiger partial charge in [0.25, 0.3) is 0 Å². The van der Waals surface area contributed by atoms with Gasteiger partial charge in [0.15, 0.2) is 0 Å². The second-order valence-electron chi connectivity index (χ2n) is 4.60. The topological polar surface area (TPSA) is 41.1 Å². The van der Waals surface area contributed by atoms with E-state index in [0.29, 0.717) is 0 Å². The van der Waals surface area contributed by atoms with E-state index >= 15 is 0 Å². The van der Waals surface area contributed by atoms with Crippen LogP contribution in [0.3, 0.4) is 0 Å². The summed E-state index contributed by atoms with van der Waals surface area (Å²) in [4.78, 5) is 12.4. The van der Waals surface area contributed by atoms with Crippen LogP contribution in [-0.4, -0.2) is 5.91 Å². The van der Waals surface area contributed by atoms with Crippen molar-refractivity contribution in [1.29, 1.82) is 0 Å². The molecule has 0 bridgehead atoms. The maximum absolute atomic E-state index is 11.0. The molecule has 1 amide bonds. The van der Waals surface area contributed by atoms with E-state index in [1.54, 1.807) is 11.3 Å². The third-order valence-corrected chi connectivity index (χ3v) is 4.06. The highest BCUT2D eigenvalue weighted by Gasteiger charge is 2.09. The summed E-state index contributed by atoms with van der Waals surface area (Å²) in [5.41, 5.74) is 3.13. The van der Waals surface area contributed by atoms with Crippen molar-refractivity contribution in [3.63, 3.8) is 0 Å². The maximum Gasteiger partial charge on any atom is 0.221 e. The lowest BCUT2D eigenvalue weighted by Crippen LogP contribution is -2.08. The molecule has 2 aromatic rings. The monoisotopic (exact) mass is 274 g/mol. The largest absolute Gasteiger partial charge is 0.378 e. The highest BCUT2D eigenvalue weighted by atomic mass is 32.1. The van der Waals surface area contributed by atoms with Crippen molar-refractivity contribution in [1.82, 2.24) is 0 Å². The molecule has 0 radical (unpaired) electrons. The Morgan fingerprint density at radius 1 is 1.26 bits per heavy atom. The first-order chi connectivity index (χ1) is 9.06. The second-order valence-corrected chi connectivity index (χ2v) is 5.54. The van der Waals surface area contributed by atoms with Crippen LogP contribution in [0.2, 0.25) is 0 Å². The lowest BCUT2D eigenvalue weighted by molar-refractivity contribution is -0.114. The van der Waals surface area contributed by atoms with Gasteiger partial charge in [-0.25, -0.2) is 0 Å². The van der Waals surface area contributed by atoms with Gasteiger partial charge < -0.3 is 10.6 Å². The van der Waals surface area contributed by atoms with Crippen LogP contribution in [0.4, 0.5) is 11.4 Å². The van der Waals surface area contributed by atoms with Crippen molar-refractivity contribution in [2.24, 2.45) is 0 Å². The zero-order valence-corrected chi connectivity index (χ0v) is 12.2. The van der Waals surface area contributed by atoms with Crippen molar-refractivity contribution in [2.75, 3.05) is 10.6 Å². The Balaban J connectivity index is 2.11. The molecule has 1 atom stereocenters. The van der Waals surface area contributed by atoms with Gasteiger partial charge in [-0.2, -0.15) is 0 Å². The summed E-state index contributed by atoms with van der Waals surface area (Å²) < 4.78 is 0. The number of benzene rings is 1. The first-order valence-electron chi connectivity index (χ1n) is 6.24. The fourth-order valence-electron chi connectivity index (χ4n) is 2.03. The van der Waals surface area contributed by atoms with Crippen molar-refractivity contribution in [3.8, 4) is 0 Å². The zero-order valence-electron chi connectivity index (χ0n) is 11.4. The van der Waals surface area contributed by atoms with Gasteiger partial charge in [0.05, 0.1) is 6.04 Å². The average molecular weight is 274 g/mol. The van der Waals surface area contributed by atoms with Crippen LogP contribution in [0.5, 0.6) is 0 Å². The van der Waals surface area contributed by atoms with E-state index in [-0.39, 0.29) is 11.9 Å². The molecule has 100 valence electrons.